The average Bonchev–Trinajstić information content (AvgIpc) is 2.99. The van der Waals surface area contributed by atoms with Gasteiger partial charge in [-0.25, -0.2) is 0 Å². The van der Waals surface area contributed by atoms with E-state index < -0.39 is 0 Å². The predicted octanol–water partition coefficient (Wildman–Crippen LogP) is 4.36. The third-order valence-electron chi connectivity index (χ3n) is 5.03. The maximum Gasteiger partial charge on any atom is 0.0415 e. The molecule has 1 saturated heterocycles. The molecule has 3 atom stereocenters. The number of rotatable bonds is 4. The lowest BCUT2D eigenvalue weighted by Crippen LogP contribution is -2.25. The summed E-state index contributed by atoms with van der Waals surface area (Å²) in [6, 6.07) is 7.18. The Morgan fingerprint density at radius 1 is 1.30 bits per heavy atom. The maximum absolute atomic E-state index is 3.63. The summed E-state index contributed by atoms with van der Waals surface area (Å²) in [4.78, 5) is 2.63. The minimum atomic E-state index is 0.410. The third-order valence-corrected chi connectivity index (χ3v) is 5.53. The smallest absolute Gasteiger partial charge is 0.0415 e. The van der Waals surface area contributed by atoms with Gasteiger partial charge in [0.15, 0.2) is 0 Å². The fraction of sp³-hybridized carbons (Fsp3) is 0.647. The first-order chi connectivity index (χ1) is 9.69. The summed E-state index contributed by atoms with van der Waals surface area (Å²) in [5.74, 6) is 1.89. The molecule has 3 unspecified atom stereocenters. The monoisotopic (exact) mass is 336 g/mol. The molecule has 0 amide bonds. The van der Waals surface area contributed by atoms with Crippen LogP contribution in [0.5, 0.6) is 0 Å². The number of hydrogen-bond acceptors (Lipinski definition) is 2. The highest BCUT2D eigenvalue weighted by atomic mass is 79.9. The van der Waals surface area contributed by atoms with Gasteiger partial charge in [-0.3, -0.25) is 0 Å². The van der Waals surface area contributed by atoms with Gasteiger partial charge in [-0.1, -0.05) is 29.3 Å². The first-order valence-corrected chi connectivity index (χ1v) is 8.76. The molecule has 3 rings (SSSR count). The number of anilines is 1. The lowest BCUT2D eigenvalue weighted by Gasteiger charge is -2.26. The summed E-state index contributed by atoms with van der Waals surface area (Å²) in [5.41, 5.74) is 2.87. The van der Waals surface area contributed by atoms with E-state index in [4.69, 9.17) is 0 Å². The van der Waals surface area contributed by atoms with Crippen molar-refractivity contribution in [3.63, 3.8) is 0 Å². The van der Waals surface area contributed by atoms with Crippen LogP contribution >= 0.6 is 15.9 Å². The Labute approximate surface area is 131 Å². The maximum atomic E-state index is 3.63. The van der Waals surface area contributed by atoms with Crippen molar-refractivity contribution in [3.8, 4) is 0 Å². The number of halogens is 1. The van der Waals surface area contributed by atoms with E-state index in [0.717, 1.165) is 18.4 Å². The SMILES string of the molecule is CCNC(C)c1cc(Br)ccc1N1CC2CCCC2C1. The fourth-order valence-corrected chi connectivity index (χ4v) is 4.39. The molecule has 0 spiro atoms. The average molecular weight is 337 g/mol. The zero-order chi connectivity index (χ0) is 14.1. The second-order valence-electron chi connectivity index (χ2n) is 6.34. The first kappa shape index (κ1) is 14.4. The Kier molecular flexibility index (Phi) is 4.37. The molecule has 1 aliphatic carbocycles. The second-order valence-corrected chi connectivity index (χ2v) is 7.25. The molecule has 3 heteroatoms. The van der Waals surface area contributed by atoms with E-state index in [2.05, 4.69) is 58.2 Å². The van der Waals surface area contributed by atoms with E-state index in [9.17, 15) is 0 Å². The van der Waals surface area contributed by atoms with Crippen LogP contribution in [-0.4, -0.2) is 19.6 Å². The number of nitrogens with one attached hydrogen (secondary N) is 1. The molecular weight excluding hydrogens is 312 g/mol. The Morgan fingerprint density at radius 2 is 2.00 bits per heavy atom. The highest BCUT2D eigenvalue weighted by Crippen LogP contribution is 2.41. The van der Waals surface area contributed by atoms with Gasteiger partial charge in [-0.15, -0.1) is 0 Å². The topological polar surface area (TPSA) is 15.3 Å². The Morgan fingerprint density at radius 3 is 2.65 bits per heavy atom. The number of hydrogen-bond donors (Lipinski definition) is 1. The summed E-state index contributed by atoms with van der Waals surface area (Å²) in [5, 5.41) is 3.56. The largest absolute Gasteiger partial charge is 0.371 e. The molecular formula is C17H25BrN2. The van der Waals surface area contributed by atoms with Crippen molar-refractivity contribution in [1.29, 1.82) is 0 Å². The van der Waals surface area contributed by atoms with Gasteiger partial charge in [0.05, 0.1) is 0 Å². The van der Waals surface area contributed by atoms with Crippen LogP contribution in [0.15, 0.2) is 22.7 Å². The van der Waals surface area contributed by atoms with E-state index >= 15 is 0 Å². The van der Waals surface area contributed by atoms with Gasteiger partial charge >= 0.3 is 0 Å². The number of benzene rings is 1. The van der Waals surface area contributed by atoms with E-state index in [1.807, 2.05) is 0 Å². The van der Waals surface area contributed by atoms with Crippen LogP contribution in [0.25, 0.3) is 0 Å². The van der Waals surface area contributed by atoms with Gasteiger partial charge in [0.1, 0.15) is 0 Å². The molecule has 2 nitrogen and oxygen atoms in total. The van der Waals surface area contributed by atoms with Crippen molar-refractivity contribution in [2.24, 2.45) is 11.8 Å². The van der Waals surface area contributed by atoms with Crippen molar-refractivity contribution in [2.45, 2.75) is 39.2 Å². The van der Waals surface area contributed by atoms with Crippen molar-refractivity contribution in [2.75, 3.05) is 24.5 Å². The van der Waals surface area contributed by atoms with Gasteiger partial charge in [0, 0.05) is 29.3 Å². The van der Waals surface area contributed by atoms with Crippen molar-refractivity contribution in [1.82, 2.24) is 5.32 Å². The first-order valence-electron chi connectivity index (χ1n) is 7.96. The summed E-state index contributed by atoms with van der Waals surface area (Å²) in [6.07, 6.45) is 4.33. The number of nitrogens with zero attached hydrogens (tertiary/aromatic N) is 1. The van der Waals surface area contributed by atoms with Gasteiger partial charge in [0.2, 0.25) is 0 Å². The van der Waals surface area contributed by atoms with Crippen LogP contribution in [0.3, 0.4) is 0 Å². The normalized spacial score (nSPS) is 26.9. The summed E-state index contributed by atoms with van der Waals surface area (Å²) in [7, 11) is 0. The Bertz CT molecular complexity index is 462. The predicted molar refractivity (Wildman–Crippen MR) is 89.3 cm³/mol. The second kappa shape index (κ2) is 6.07. The molecule has 20 heavy (non-hydrogen) atoms. The molecule has 1 aromatic rings. The molecule has 0 radical (unpaired) electrons. The molecule has 2 aliphatic rings. The van der Waals surface area contributed by atoms with Crippen molar-refractivity contribution >= 4 is 21.6 Å². The minimum Gasteiger partial charge on any atom is -0.371 e. The van der Waals surface area contributed by atoms with E-state index in [1.54, 1.807) is 0 Å². The van der Waals surface area contributed by atoms with Crippen molar-refractivity contribution < 1.29 is 0 Å². The molecule has 0 aromatic heterocycles. The summed E-state index contributed by atoms with van der Waals surface area (Å²) < 4.78 is 1.18. The van der Waals surface area contributed by atoms with Crippen LogP contribution in [0.4, 0.5) is 5.69 Å². The van der Waals surface area contributed by atoms with Gasteiger partial charge < -0.3 is 10.2 Å². The molecule has 1 saturated carbocycles. The van der Waals surface area contributed by atoms with Crippen LogP contribution in [0.2, 0.25) is 0 Å². The number of fused-ring (bicyclic) bond motifs is 1. The minimum absolute atomic E-state index is 0.410. The molecule has 1 aromatic carbocycles. The Hall–Kier alpha value is -0.540. The quantitative estimate of drug-likeness (QED) is 0.878. The molecule has 1 aliphatic heterocycles. The van der Waals surface area contributed by atoms with Crippen LogP contribution in [0, 0.1) is 11.8 Å². The van der Waals surface area contributed by atoms with E-state index in [0.29, 0.717) is 6.04 Å². The van der Waals surface area contributed by atoms with E-state index in [1.165, 1.54) is 48.1 Å². The Balaban J connectivity index is 1.85. The van der Waals surface area contributed by atoms with Crippen LogP contribution in [0.1, 0.15) is 44.7 Å². The molecule has 1 N–H and O–H groups in total. The highest BCUT2D eigenvalue weighted by molar-refractivity contribution is 9.10. The zero-order valence-electron chi connectivity index (χ0n) is 12.5. The standard InChI is InChI=1S/C17H25BrN2/c1-3-19-12(2)16-9-15(18)7-8-17(16)20-10-13-5-4-6-14(13)11-20/h7-9,12-14,19H,3-6,10-11H2,1-2H3. The molecule has 110 valence electrons. The van der Waals surface area contributed by atoms with Crippen molar-refractivity contribution in [3.05, 3.63) is 28.2 Å². The summed E-state index contributed by atoms with van der Waals surface area (Å²) >= 11 is 3.63. The lowest BCUT2D eigenvalue weighted by molar-refractivity contribution is 0.494. The molecule has 1 heterocycles. The zero-order valence-corrected chi connectivity index (χ0v) is 14.1. The van der Waals surface area contributed by atoms with Gasteiger partial charge in [0.25, 0.3) is 0 Å². The van der Waals surface area contributed by atoms with Crippen LogP contribution < -0.4 is 10.2 Å². The third kappa shape index (κ3) is 2.75. The molecule has 2 fully saturated rings. The lowest BCUT2D eigenvalue weighted by atomic mass is 10.0. The summed E-state index contributed by atoms with van der Waals surface area (Å²) in [6.45, 7) is 7.98. The van der Waals surface area contributed by atoms with Gasteiger partial charge in [-0.2, -0.15) is 0 Å². The highest BCUT2D eigenvalue weighted by Gasteiger charge is 2.36. The van der Waals surface area contributed by atoms with Crippen LogP contribution in [-0.2, 0) is 0 Å². The van der Waals surface area contributed by atoms with Gasteiger partial charge in [-0.05, 0) is 61.9 Å². The fourth-order valence-electron chi connectivity index (χ4n) is 4.01. The van der Waals surface area contributed by atoms with E-state index in [-0.39, 0.29) is 0 Å². The molecule has 0 bridgehead atoms.